The van der Waals surface area contributed by atoms with E-state index in [0.29, 0.717) is 11.4 Å². The lowest BCUT2D eigenvalue weighted by Crippen LogP contribution is -2.30. The van der Waals surface area contributed by atoms with Gasteiger partial charge in [-0.25, -0.2) is 4.79 Å². The van der Waals surface area contributed by atoms with Gasteiger partial charge in [-0.15, -0.1) is 0 Å². The van der Waals surface area contributed by atoms with Crippen LogP contribution in [0.25, 0.3) is 0 Å². The third-order valence-electron chi connectivity index (χ3n) is 3.80. The molecule has 25 heavy (non-hydrogen) atoms. The molecule has 0 bridgehead atoms. The van der Waals surface area contributed by atoms with Crippen molar-refractivity contribution in [1.82, 2.24) is 5.32 Å². The lowest BCUT2D eigenvalue weighted by Gasteiger charge is -2.29. The first kappa shape index (κ1) is 18.2. The van der Waals surface area contributed by atoms with E-state index in [4.69, 9.17) is 9.47 Å². The summed E-state index contributed by atoms with van der Waals surface area (Å²) in [4.78, 5) is 34.8. The molecule has 1 heterocycles. The predicted octanol–water partition coefficient (Wildman–Crippen LogP) is 2.52. The number of carbonyl (C=O) groups is 2. The smallest absolute Gasteiger partial charge is 0.336 e. The molecule has 1 aromatic rings. The monoisotopic (exact) mass is 346 g/mol. The maximum Gasteiger partial charge on any atom is 0.336 e. The number of para-hydroxylation sites is 1. The van der Waals surface area contributed by atoms with Gasteiger partial charge >= 0.3 is 11.9 Å². The molecule has 0 aromatic heterocycles. The molecule has 0 saturated carbocycles. The number of esters is 2. The average molecular weight is 346 g/mol. The van der Waals surface area contributed by atoms with Crippen LogP contribution >= 0.6 is 0 Å². The second-order valence-electron chi connectivity index (χ2n) is 5.49. The van der Waals surface area contributed by atoms with E-state index in [2.05, 4.69) is 5.32 Å². The summed E-state index contributed by atoms with van der Waals surface area (Å²) < 4.78 is 10.1. The molecular weight excluding hydrogens is 328 g/mol. The Hall–Kier alpha value is -3.16. The summed E-state index contributed by atoms with van der Waals surface area (Å²) in [6, 6.07) is 6.01. The van der Waals surface area contributed by atoms with Gasteiger partial charge in [-0.05, 0) is 13.8 Å². The van der Waals surface area contributed by atoms with Crippen LogP contribution in [0.15, 0.2) is 47.0 Å². The van der Waals surface area contributed by atoms with Crippen LogP contribution in [-0.2, 0) is 19.1 Å². The van der Waals surface area contributed by atoms with E-state index in [9.17, 15) is 19.7 Å². The molecular formula is C17H18N2O6. The molecule has 0 aliphatic carbocycles. The van der Waals surface area contributed by atoms with Gasteiger partial charge in [0.25, 0.3) is 5.69 Å². The zero-order valence-electron chi connectivity index (χ0n) is 14.3. The summed E-state index contributed by atoms with van der Waals surface area (Å²) in [6.07, 6.45) is 0. The van der Waals surface area contributed by atoms with Crippen LogP contribution in [0, 0.1) is 10.1 Å². The molecule has 132 valence electrons. The number of hydrogen-bond donors (Lipinski definition) is 1. The molecule has 0 amide bonds. The standard InChI is InChI=1S/C17H18N2O6/c1-9-14(17(21)24-4)15(16(10(2)18-9)25-11(3)20)12-7-5-6-8-13(12)19(22)23/h5-8,15,18H,1-4H3. The first-order valence-electron chi connectivity index (χ1n) is 7.46. The fourth-order valence-corrected chi connectivity index (χ4v) is 2.84. The first-order chi connectivity index (χ1) is 11.8. The highest BCUT2D eigenvalue weighted by Crippen LogP contribution is 2.42. The van der Waals surface area contributed by atoms with Crippen molar-refractivity contribution in [2.75, 3.05) is 7.11 Å². The number of hydrogen-bond acceptors (Lipinski definition) is 7. The van der Waals surface area contributed by atoms with E-state index in [1.165, 1.54) is 32.2 Å². The largest absolute Gasteiger partial charge is 0.466 e. The van der Waals surface area contributed by atoms with E-state index < -0.39 is 22.8 Å². The number of methoxy groups -OCH3 is 1. The lowest BCUT2D eigenvalue weighted by atomic mass is 9.84. The van der Waals surface area contributed by atoms with E-state index in [-0.39, 0.29) is 22.6 Å². The number of nitrogens with zero attached hydrogens (tertiary/aromatic N) is 1. The second kappa shape index (κ2) is 7.16. The Balaban J connectivity index is 2.75. The molecule has 8 nitrogen and oxygen atoms in total. The minimum absolute atomic E-state index is 0.132. The van der Waals surface area contributed by atoms with Crippen molar-refractivity contribution in [3.05, 3.63) is 62.7 Å². The molecule has 1 aliphatic rings. The number of benzene rings is 1. The number of ether oxygens (including phenoxy) is 2. The van der Waals surface area contributed by atoms with Crippen molar-refractivity contribution in [2.45, 2.75) is 26.7 Å². The van der Waals surface area contributed by atoms with Crippen molar-refractivity contribution in [2.24, 2.45) is 0 Å². The molecule has 1 N–H and O–H groups in total. The van der Waals surface area contributed by atoms with E-state index in [1.54, 1.807) is 19.9 Å². The fraction of sp³-hybridized carbons (Fsp3) is 0.294. The van der Waals surface area contributed by atoms with Gasteiger partial charge in [0.15, 0.2) is 0 Å². The summed E-state index contributed by atoms with van der Waals surface area (Å²) in [5, 5.41) is 14.4. The Kier molecular flexibility index (Phi) is 5.21. The summed E-state index contributed by atoms with van der Waals surface area (Å²) in [5.41, 5.74) is 1.18. The summed E-state index contributed by atoms with van der Waals surface area (Å²) >= 11 is 0. The Morgan fingerprint density at radius 2 is 1.84 bits per heavy atom. The van der Waals surface area contributed by atoms with Crippen LogP contribution < -0.4 is 5.32 Å². The quantitative estimate of drug-likeness (QED) is 0.507. The number of carbonyl (C=O) groups excluding carboxylic acids is 2. The molecule has 0 saturated heterocycles. The normalized spacial score (nSPS) is 17.0. The Bertz CT molecular complexity index is 809. The maximum absolute atomic E-state index is 12.3. The van der Waals surface area contributed by atoms with Gasteiger partial charge in [0.05, 0.1) is 29.2 Å². The van der Waals surface area contributed by atoms with Crippen LogP contribution in [0.5, 0.6) is 0 Å². The Morgan fingerprint density at radius 3 is 2.40 bits per heavy atom. The number of nitro groups is 1. The number of allylic oxidation sites excluding steroid dienone is 3. The third kappa shape index (κ3) is 3.52. The minimum Gasteiger partial charge on any atom is -0.466 e. The zero-order chi connectivity index (χ0) is 18.7. The SMILES string of the molecule is COC(=O)C1=C(C)NC(C)=C(OC(C)=O)C1c1ccccc1[N+](=O)[O-]. The van der Waals surface area contributed by atoms with Gasteiger partial charge in [0.1, 0.15) is 5.76 Å². The molecule has 1 atom stereocenters. The van der Waals surface area contributed by atoms with E-state index >= 15 is 0 Å². The number of rotatable bonds is 4. The van der Waals surface area contributed by atoms with Crippen molar-refractivity contribution in [1.29, 1.82) is 0 Å². The topological polar surface area (TPSA) is 108 Å². The summed E-state index contributed by atoms with van der Waals surface area (Å²) in [6.45, 7) is 4.54. The molecule has 1 aliphatic heterocycles. The number of dihydropyridines is 1. The van der Waals surface area contributed by atoms with Gasteiger partial charge in [0, 0.05) is 24.3 Å². The highest BCUT2D eigenvalue weighted by atomic mass is 16.6. The summed E-state index contributed by atoms with van der Waals surface area (Å²) in [7, 11) is 1.22. The van der Waals surface area contributed by atoms with Gasteiger partial charge in [-0.1, -0.05) is 18.2 Å². The van der Waals surface area contributed by atoms with Gasteiger partial charge in [-0.3, -0.25) is 14.9 Å². The minimum atomic E-state index is -0.931. The van der Waals surface area contributed by atoms with Gasteiger partial charge in [-0.2, -0.15) is 0 Å². The molecule has 8 heteroatoms. The van der Waals surface area contributed by atoms with E-state index in [1.807, 2.05) is 0 Å². The van der Waals surface area contributed by atoms with Crippen LogP contribution in [0.4, 0.5) is 5.69 Å². The molecule has 2 rings (SSSR count). The Labute approximate surface area is 144 Å². The third-order valence-corrected chi connectivity index (χ3v) is 3.80. The number of nitrogens with one attached hydrogen (secondary N) is 1. The molecule has 0 fully saturated rings. The predicted molar refractivity (Wildman–Crippen MR) is 88.2 cm³/mol. The van der Waals surface area contributed by atoms with Crippen LogP contribution in [0.1, 0.15) is 32.3 Å². The van der Waals surface area contributed by atoms with Crippen LogP contribution in [0.3, 0.4) is 0 Å². The lowest BCUT2D eigenvalue weighted by molar-refractivity contribution is -0.385. The first-order valence-corrected chi connectivity index (χ1v) is 7.46. The molecule has 0 radical (unpaired) electrons. The summed E-state index contributed by atoms with van der Waals surface area (Å²) in [5.74, 6) is -2.05. The average Bonchev–Trinajstić information content (AvgIpc) is 2.55. The van der Waals surface area contributed by atoms with Crippen molar-refractivity contribution < 1.29 is 24.0 Å². The second-order valence-corrected chi connectivity index (χ2v) is 5.49. The van der Waals surface area contributed by atoms with Crippen LogP contribution in [0.2, 0.25) is 0 Å². The fourth-order valence-electron chi connectivity index (χ4n) is 2.84. The highest BCUT2D eigenvalue weighted by molar-refractivity contribution is 5.93. The number of nitro benzene ring substituents is 1. The molecule has 1 aromatic carbocycles. The molecule has 1 unspecified atom stereocenters. The van der Waals surface area contributed by atoms with Gasteiger partial charge < -0.3 is 14.8 Å². The Morgan fingerprint density at radius 1 is 1.20 bits per heavy atom. The maximum atomic E-state index is 12.3. The van der Waals surface area contributed by atoms with E-state index in [0.717, 1.165) is 0 Å². The van der Waals surface area contributed by atoms with Gasteiger partial charge in [0.2, 0.25) is 0 Å². The van der Waals surface area contributed by atoms with Crippen molar-refractivity contribution in [3.8, 4) is 0 Å². The highest BCUT2D eigenvalue weighted by Gasteiger charge is 2.39. The molecule has 0 spiro atoms. The zero-order valence-corrected chi connectivity index (χ0v) is 14.3. The van der Waals surface area contributed by atoms with Crippen molar-refractivity contribution in [3.63, 3.8) is 0 Å². The van der Waals surface area contributed by atoms with Crippen molar-refractivity contribution >= 4 is 17.6 Å². The van der Waals surface area contributed by atoms with Crippen LogP contribution in [-0.4, -0.2) is 24.0 Å².